The minimum absolute atomic E-state index is 0.0326. The third kappa shape index (κ3) is 7.37. The highest BCUT2D eigenvalue weighted by molar-refractivity contribution is 6.38. The summed E-state index contributed by atoms with van der Waals surface area (Å²) in [5, 5.41) is 9.41. The van der Waals surface area contributed by atoms with Crippen molar-refractivity contribution in [1.29, 1.82) is 0 Å². The molecule has 2 aromatic heterocycles. The standard InChI is InChI=1S/C27H32Cl3FN2O5/c1-16-12-21(35)22-24(33(16)23-18(28)13-17(31)14-19(23)29)20(30)15-32-25(22)36-9-6-26(2,3)37-10-7-27(4,5)38-11-8-34/h12-15,34H,6-11H2,1-5H3. The Morgan fingerprint density at radius 3 is 2.13 bits per heavy atom. The average molecular weight is 590 g/mol. The Labute approximate surface area is 236 Å². The van der Waals surface area contributed by atoms with E-state index >= 15 is 0 Å². The van der Waals surface area contributed by atoms with Crippen molar-refractivity contribution in [3.63, 3.8) is 0 Å². The molecule has 0 fully saturated rings. The van der Waals surface area contributed by atoms with Crippen LogP contribution in [0.25, 0.3) is 16.6 Å². The second-order valence-corrected chi connectivity index (χ2v) is 11.3. The van der Waals surface area contributed by atoms with Crippen LogP contribution in [0.5, 0.6) is 5.88 Å². The Balaban J connectivity index is 1.84. The highest BCUT2D eigenvalue weighted by Crippen LogP contribution is 2.36. The number of nitrogens with zero attached hydrogens (tertiary/aromatic N) is 2. The summed E-state index contributed by atoms with van der Waals surface area (Å²) < 4.78 is 33.1. The van der Waals surface area contributed by atoms with Gasteiger partial charge >= 0.3 is 0 Å². The number of halogens is 4. The van der Waals surface area contributed by atoms with Gasteiger partial charge in [0, 0.05) is 18.2 Å². The molecule has 0 saturated heterocycles. The summed E-state index contributed by atoms with van der Waals surface area (Å²) in [6.07, 6.45) is 2.54. The molecule has 0 amide bonds. The van der Waals surface area contributed by atoms with Crippen molar-refractivity contribution in [2.75, 3.05) is 26.4 Å². The summed E-state index contributed by atoms with van der Waals surface area (Å²) >= 11 is 19.2. The Morgan fingerprint density at radius 1 is 0.947 bits per heavy atom. The molecule has 0 unspecified atom stereocenters. The van der Waals surface area contributed by atoms with Gasteiger partial charge in [-0.3, -0.25) is 4.79 Å². The van der Waals surface area contributed by atoms with Crippen molar-refractivity contribution in [2.24, 2.45) is 0 Å². The first-order chi connectivity index (χ1) is 17.8. The van der Waals surface area contributed by atoms with E-state index in [9.17, 15) is 9.18 Å². The van der Waals surface area contributed by atoms with Gasteiger partial charge in [0.05, 0.1) is 70.1 Å². The van der Waals surface area contributed by atoms with Crippen LogP contribution in [0.1, 0.15) is 46.2 Å². The lowest BCUT2D eigenvalue weighted by atomic mass is 10.0. The molecule has 3 aromatic rings. The second kappa shape index (κ2) is 12.5. The van der Waals surface area contributed by atoms with Gasteiger partial charge < -0.3 is 23.9 Å². The van der Waals surface area contributed by atoms with Gasteiger partial charge in [-0.25, -0.2) is 9.37 Å². The van der Waals surface area contributed by atoms with Crippen molar-refractivity contribution in [3.8, 4) is 11.6 Å². The summed E-state index contributed by atoms with van der Waals surface area (Å²) in [6.45, 7) is 10.4. The van der Waals surface area contributed by atoms with Crippen LogP contribution in [0.15, 0.2) is 29.2 Å². The van der Waals surface area contributed by atoms with E-state index in [0.717, 1.165) is 12.1 Å². The van der Waals surface area contributed by atoms with Crippen LogP contribution in [0, 0.1) is 12.7 Å². The van der Waals surface area contributed by atoms with Crippen LogP contribution in [-0.4, -0.2) is 52.3 Å². The van der Waals surface area contributed by atoms with Crippen molar-refractivity contribution >= 4 is 45.7 Å². The molecule has 11 heteroatoms. The summed E-state index contributed by atoms with van der Waals surface area (Å²) in [5.74, 6) is -0.485. The van der Waals surface area contributed by atoms with Crippen LogP contribution in [0.4, 0.5) is 4.39 Å². The van der Waals surface area contributed by atoms with Crippen molar-refractivity contribution in [2.45, 2.75) is 58.7 Å². The molecule has 208 valence electrons. The lowest BCUT2D eigenvalue weighted by Gasteiger charge is -2.29. The van der Waals surface area contributed by atoms with Gasteiger partial charge in [-0.05, 0) is 53.2 Å². The van der Waals surface area contributed by atoms with E-state index in [1.165, 1.54) is 12.3 Å². The Morgan fingerprint density at radius 2 is 1.53 bits per heavy atom. The smallest absolute Gasteiger partial charge is 0.227 e. The fourth-order valence-corrected chi connectivity index (χ4v) is 4.84. The first-order valence-electron chi connectivity index (χ1n) is 12.1. The van der Waals surface area contributed by atoms with E-state index in [4.69, 9.17) is 54.1 Å². The third-order valence-electron chi connectivity index (χ3n) is 6.06. The highest BCUT2D eigenvalue weighted by atomic mass is 35.5. The van der Waals surface area contributed by atoms with E-state index in [-0.39, 0.29) is 57.3 Å². The largest absolute Gasteiger partial charge is 0.477 e. The molecule has 0 spiro atoms. The number of aliphatic hydroxyl groups is 1. The van der Waals surface area contributed by atoms with Gasteiger partial charge in [0.15, 0.2) is 5.43 Å². The molecule has 0 aliphatic carbocycles. The number of benzene rings is 1. The number of pyridine rings is 2. The first-order valence-corrected chi connectivity index (χ1v) is 13.3. The van der Waals surface area contributed by atoms with E-state index in [1.54, 1.807) is 11.5 Å². The normalized spacial score (nSPS) is 12.4. The number of hydrogen-bond acceptors (Lipinski definition) is 6. The van der Waals surface area contributed by atoms with Gasteiger partial charge in [0.1, 0.15) is 11.2 Å². The van der Waals surface area contributed by atoms with Crippen LogP contribution < -0.4 is 10.2 Å². The van der Waals surface area contributed by atoms with Crippen LogP contribution >= 0.6 is 34.8 Å². The molecule has 0 aliphatic heterocycles. The molecular weight excluding hydrogens is 558 g/mol. The first kappa shape index (κ1) is 30.6. The molecule has 0 bridgehead atoms. The Bertz CT molecular complexity index is 1340. The van der Waals surface area contributed by atoms with Crippen LogP contribution in [0.3, 0.4) is 0 Å². The maximum Gasteiger partial charge on any atom is 0.227 e. The highest BCUT2D eigenvalue weighted by Gasteiger charge is 2.24. The molecule has 0 aliphatic rings. The summed E-state index contributed by atoms with van der Waals surface area (Å²) in [6, 6.07) is 3.68. The summed E-state index contributed by atoms with van der Waals surface area (Å²) in [4.78, 5) is 17.3. The van der Waals surface area contributed by atoms with Crippen molar-refractivity contribution in [3.05, 3.63) is 61.2 Å². The maximum absolute atomic E-state index is 13.9. The molecule has 2 heterocycles. The molecule has 1 N–H and O–H groups in total. The molecule has 1 aromatic carbocycles. The number of fused-ring (bicyclic) bond motifs is 1. The second-order valence-electron chi connectivity index (χ2n) is 10.1. The molecule has 7 nitrogen and oxygen atoms in total. The number of aliphatic hydroxyl groups excluding tert-OH is 1. The Kier molecular flexibility index (Phi) is 10.1. The van der Waals surface area contributed by atoms with Crippen molar-refractivity contribution in [1.82, 2.24) is 9.55 Å². The summed E-state index contributed by atoms with van der Waals surface area (Å²) in [7, 11) is 0. The molecular formula is C27H32Cl3FN2O5. The van der Waals surface area contributed by atoms with Crippen LogP contribution in [0.2, 0.25) is 15.1 Å². The van der Waals surface area contributed by atoms with Gasteiger partial charge in [0.25, 0.3) is 0 Å². The zero-order valence-electron chi connectivity index (χ0n) is 22.0. The quantitative estimate of drug-likeness (QED) is 0.258. The van der Waals surface area contributed by atoms with E-state index in [1.807, 2.05) is 27.7 Å². The number of aromatic nitrogens is 2. The minimum atomic E-state index is -0.588. The van der Waals surface area contributed by atoms with Gasteiger partial charge in [-0.15, -0.1) is 0 Å². The fourth-order valence-electron chi connectivity index (χ4n) is 3.98. The zero-order valence-corrected chi connectivity index (χ0v) is 24.3. The zero-order chi connectivity index (χ0) is 28.3. The predicted octanol–water partition coefficient (Wildman–Crippen LogP) is 6.54. The van der Waals surface area contributed by atoms with Gasteiger partial charge in [0.2, 0.25) is 5.88 Å². The maximum atomic E-state index is 13.9. The number of aryl methyl sites for hydroxylation is 1. The van der Waals surface area contributed by atoms with E-state index < -0.39 is 17.0 Å². The van der Waals surface area contributed by atoms with Gasteiger partial charge in [-0.1, -0.05) is 34.8 Å². The number of rotatable bonds is 12. The average Bonchev–Trinajstić information content (AvgIpc) is 2.80. The lowest BCUT2D eigenvalue weighted by Crippen LogP contribution is -2.32. The van der Waals surface area contributed by atoms with E-state index in [2.05, 4.69) is 4.98 Å². The number of ether oxygens (including phenoxy) is 3. The topological polar surface area (TPSA) is 82.8 Å². The van der Waals surface area contributed by atoms with Crippen LogP contribution in [-0.2, 0) is 9.47 Å². The summed E-state index contributed by atoms with van der Waals surface area (Å²) in [5.41, 5.74) is -0.197. The molecule has 0 radical (unpaired) electrons. The lowest BCUT2D eigenvalue weighted by molar-refractivity contribution is -0.0821. The SMILES string of the molecule is Cc1cc(=O)c2c(OCCC(C)(C)OCCC(C)(C)OCCO)ncc(Cl)c2n1-c1c(Cl)cc(F)cc1Cl. The molecule has 38 heavy (non-hydrogen) atoms. The minimum Gasteiger partial charge on any atom is -0.477 e. The fraction of sp³-hybridized carbons (Fsp3) is 0.481. The number of hydrogen-bond donors (Lipinski definition) is 1. The van der Waals surface area contributed by atoms with E-state index in [0.29, 0.717) is 30.7 Å². The molecule has 0 saturated carbocycles. The Hall–Kier alpha value is -1.94. The predicted molar refractivity (Wildman–Crippen MR) is 149 cm³/mol. The van der Waals surface area contributed by atoms with Gasteiger partial charge in [-0.2, -0.15) is 0 Å². The van der Waals surface area contributed by atoms with Crippen molar-refractivity contribution < 1.29 is 23.7 Å². The third-order valence-corrected chi connectivity index (χ3v) is 6.92. The molecule has 0 atom stereocenters. The molecule has 3 rings (SSSR count). The monoisotopic (exact) mass is 588 g/mol.